The van der Waals surface area contributed by atoms with Gasteiger partial charge < -0.3 is 4.98 Å². The van der Waals surface area contributed by atoms with Crippen molar-refractivity contribution in [3.8, 4) is 0 Å². The number of pyridine rings is 1. The summed E-state index contributed by atoms with van der Waals surface area (Å²) in [6.45, 7) is 0. The van der Waals surface area contributed by atoms with Crippen molar-refractivity contribution in [2.45, 2.75) is 6.43 Å². The molecule has 0 unspecified atom stereocenters. The standard InChI is InChI=1S/C8H4BrClF2N2/c9-4-2-13-8-3(6(4)10)1-5(14-8)7(11)12/h1-2,7H,(H,13,14). The van der Waals surface area contributed by atoms with E-state index in [4.69, 9.17) is 11.6 Å². The number of aromatic amines is 1. The summed E-state index contributed by atoms with van der Waals surface area (Å²) in [6, 6.07) is 1.31. The molecule has 0 aliphatic heterocycles. The second-order valence-corrected chi connectivity index (χ2v) is 3.94. The Morgan fingerprint density at radius 2 is 2.21 bits per heavy atom. The zero-order valence-corrected chi connectivity index (χ0v) is 9.03. The minimum Gasteiger partial charge on any atom is -0.338 e. The fourth-order valence-corrected chi connectivity index (χ4v) is 1.67. The topological polar surface area (TPSA) is 28.7 Å². The number of H-pyrrole nitrogens is 1. The fraction of sp³-hybridized carbons (Fsp3) is 0.125. The van der Waals surface area contributed by atoms with Crippen LogP contribution in [0.2, 0.25) is 5.02 Å². The molecule has 0 aliphatic rings. The van der Waals surface area contributed by atoms with Crippen LogP contribution in [-0.2, 0) is 0 Å². The van der Waals surface area contributed by atoms with Crippen LogP contribution < -0.4 is 0 Å². The Bertz CT molecular complexity index is 483. The molecule has 2 nitrogen and oxygen atoms in total. The van der Waals surface area contributed by atoms with Crippen LogP contribution in [0.25, 0.3) is 11.0 Å². The smallest absolute Gasteiger partial charge is 0.278 e. The maximum atomic E-state index is 12.3. The van der Waals surface area contributed by atoms with E-state index in [9.17, 15) is 8.78 Å². The van der Waals surface area contributed by atoms with Gasteiger partial charge in [0.15, 0.2) is 0 Å². The number of nitrogens with one attached hydrogen (secondary N) is 1. The number of fused-ring (bicyclic) bond motifs is 1. The summed E-state index contributed by atoms with van der Waals surface area (Å²) in [7, 11) is 0. The van der Waals surface area contributed by atoms with E-state index in [1.54, 1.807) is 0 Å². The lowest BCUT2D eigenvalue weighted by Crippen LogP contribution is -1.82. The first kappa shape index (κ1) is 9.86. The molecular formula is C8H4BrClF2N2. The predicted molar refractivity (Wildman–Crippen MR) is 53.8 cm³/mol. The summed E-state index contributed by atoms with van der Waals surface area (Å²) in [5.41, 5.74) is 0.195. The van der Waals surface area contributed by atoms with Crippen LogP contribution >= 0.6 is 27.5 Å². The van der Waals surface area contributed by atoms with Gasteiger partial charge in [0.2, 0.25) is 0 Å². The molecule has 0 atom stereocenters. The average molecular weight is 281 g/mol. The molecule has 0 fully saturated rings. The second kappa shape index (κ2) is 3.47. The largest absolute Gasteiger partial charge is 0.338 e. The Hall–Kier alpha value is -0.680. The van der Waals surface area contributed by atoms with E-state index in [0.29, 0.717) is 20.5 Å². The summed E-state index contributed by atoms with van der Waals surface area (Å²) in [4.78, 5) is 6.42. The molecule has 0 aliphatic carbocycles. The van der Waals surface area contributed by atoms with Crippen molar-refractivity contribution in [1.29, 1.82) is 0 Å². The van der Waals surface area contributed by atoms with E-state index in [1.807, 2.05) is 0 Å². The highest BCUT2D eigenvalue weighted by Gasteiger charge is 2.13. The predicted octanol–water partition coefficient (Wildman–Crippen LogP) is 3.92. The first-order valence-corrected chi connectivity index (χ1v) is 4.87. The van der Waals surface area contributed by atoms with Crippen molar-refractivity contribution in [2.75, 3.05) is 0 Å². The van der Waals surface area contributed by atoms with E-state index in [0.717, 1.165) is 0 Å². The summed E-state index contributed by atoms with van der Waals surface area (Å²) in [5.74, 6) is 0. The van der Waals surface area contributed by atoms with E-state index in [1.165, 1.54) is 12.3 Å². The maximum Gasteiger partial charge on any atom is 0.278 e. The van der Waals surface area contributed by atoms with Crippen LogP contribution in [0.1, 0.15) is 12.1 Å². The third-order valence-electron chi connectivity index (χ3n) is 1.81. The van der Waals surface area contributed by atoms with Gasteiger partial charge in [-0.25, -0.2) is 13.8 Å². The molecule has 0 radical (unpaired) electrons. The van der Waals surface area contributed by atoms with Crippen LogP contribution in [0.3, 0.4) is 0 Å². The monoisotopic (exact) mass is 280 g/mol. The van der Waals surface area contributed by atoms with E-state index in [-0.39, 0.29) is 5.69 Å². The van der Waals surface area contributed by atoms with E-state index >= 15 is 0 Å². The molecule has 1 N–H and O–H groups in total. The van der Waals surface area contributed by atoms with Gasteiger partial charge in [-0.2, -0.15) is 0 Å². The van der Waals surface area contributed by atoms with Crippen molar-refractivity contribution < 1.29 is 8.78 Å². The SMILES string of the molecule is FC(F)c1cc2c(Cl)c(Br)cnc2[nH]1. The second-order valence-electron chi connectivity index (χ2n) is 2.71. The molecule has 2 heterocycles. The molecule has 0 saturated carbocycles. The first-order chi connectivity index (χ1) is 6.59. The highest BCUT2D eigenvalue weighted by molar-refractivity contribution is 9.10. The van der Waals surface area contributed by atoms with Gasteiger partial charge in [0.25, 0.3) is 6.43 Å². The molecule has 74 valence electrons. The molecule has 0 spiro atoms. The first-order valence-electron chi connectivity index (χ1n) is 3.70. The highest BCUT2D eigenvalue weighted by atomic mass is 79.9. The molecule has 0 saturated heterocycles. The number of rotatable bonds is 1. The van der Waals surface area contributed by atoms with Crippen molar-refractivity contribution >= 4 is 38.6 Å². The van der Waals surface area contributed by atoms with Crippen LogP contribution in [0.4, 0.5) is 8.78 Å². The molecular weight excluding hydrogens is 277 g/mol. The van der Waals surface area contributed by atoms with Gasteiger partial charge in [-0.15, -0.1) is 0 Å². The number of aromatic nitrogens is 2. The van der Waals surface area contributed by atoms with Crippen molar-refractivity contribution in [3.05, 3.63) is 27.5 Å². The van der Waals surface area contributed by atoms with Gasteiger partial charge in [-0.3, -0.25) is 0 Å². The quantitative estimate of drug-likeness (QED) is 0.843. The lowest BCUT2D eigenvalue weighted by molar-refractivity contribution is 0.147. The highest BCUT2D eigenvalue weighted by Crippen LogP contribution is 2.31. The minimum atomic E-state index is -2.54. The summed E-state index contributed by atoms with van der Waals surface area (Å²) < 4.78 is 25.2. The molecule has 0 amide bonds. The van der Waals surface area contributed by atoms with Gasteiger partial charge in [0.1, 0.15) is 5.65 Å². The summed E-state index contributed by atoms with van der Waals surface area (Å²) >= 11 is 9.06. The van der Waals surface area contributed by atoms with Gasteiger partial charge in [0, 0.05) is 11.6 Å². The number of halogens is 4. The number of hydrogen-bond acceptors (Lipinski definition) is 1. The Morgan fingerprint density at radius 3 is 2.86 bits per heavy atom. The lowest BCUT2D eigenvalue weighted by Gasteiger charge is -1.94. The molecule has 6 heteroatoms. The third-order valence-corrected chi connectivity index (χ3v) is 3.04. The van der Waals surface area contributed by atoms with Crippen LogP contribution in [0, 0.1) is 0 Å². The van der Waals surface area contributed by atoms with Crippen LogP contribution in [-0.4, -0.2) is 9.97 Å². The molecule has 0 aromatic carbocycles. The average Bonchev–Trinajstić information content (AvgIpc) is 2.56. The van der Waals surface area contributed by atoms with Gasteiger partial charge in [-0.1, -0.05) is 11.6 Å². The normalized spacial score (nSPS) is 11.5. The molecule has 2 rings (SSSR count). The Labute approximate surface area is 91.4 Å². The summed E-state index contributed by atoms with van der Waals surface area (Å²) in [6.07, 6.45) is -1.07. The Kier molecular flexibility index (Phi) is 2.45. The molecule has 2 aromatic rings. The lowest BCUT2D eigenvalue weighted by atomic mass is 10.3. The van der Waals surface area contributed by atoms with Crippen LogP contribution in [0.15, 0.2) is 16.7 Å². The van der Waals surface area contributed by atoms with Crippen molar-refractivity contribution in [2.24, 2.45) is 0 Å². The fourth-order valence-electron chi connectivity index (χ4n) is 1.16. The zero-order valence-electron chi connectivity index (χ0n) is 6.69. The maximum absolute atomic E-state index is 12.3. The molecule has 14 heavy (non-hydrogen) atoms. The Morgan fingerprint density at radius 1 is 1.50 bits per heavy atom. The van der Waals surface area contributed by atoms with Gasteiger partial charge >= 0.3 is 0 Å². The number of nitrogens with zero attached hydrogens (tertiary/aromatic N) is 1. The van der Waals surface area contributed by atoms with E-state index in [2.05, 4.69) is 25.9 Å². The van der Waals surface area contributed by atoms with Crippen molar-refractivity contribution in [1.82, 2.24) is 9.97 Å². The van der Waals surface area contributed by atoms with Gasteiger partial charge in [0.05, 0.1) is 15.2 Å². The minimum absolute atomic E-state index is 0.174. The molecule has 0 bridgehead atoms. The number of hydrogen-bond donors (Lipinski definition) is 1. The third kappa shape index (κ3) is 1.50. The van der Waals surface area contributed by atoms with Crippen LogP contribution in [0.5, 0.6) is 0 Å². The number of alkyl halides is 2. The Balaban J connectivity index is 2.71. The van der Waals surface area contributed by atoms with E-state index < -0.39 is 6.43 Å². The molecule has 2 aromatic heterocycles. The van der Waals surface area contributed by atoms with Crippen molar-refractivity contribution in [3.63, 3.8) is 0 Å². The zero-order chi connectivity index (χ0) is 10.3. The summed E-state index contributed by atoms with van der Waals surface area (Å²) in [5, 5.41) is 0.884. The van der Waals surface area contributed by atoms with Gasteiger partial charge in [-0.05, 0) is 22.0 Å².